The molecule has 2 N–H and O–H groups in total. The summed E-state index contributed by atoms with van der Waals surface area (Å²) in [7, 11) is 1.58. The zero-order valence-electron chi connectivity index (χ0n) is 10.7. The number of rotatable bonds is 3. The lowest BCUT2D eigenvalue weighted by Crippen LogP contribution is -2.26. The molecule has 1 heterocycles. The maximum atomic E-state index is 12.3. The molecule has 7 nitrogen and oxygen atoms in total. The number of aromatic nitrogens is 1. The first kappa shape index (κ1) is 13.5. The summed E-state index contributed by atoms with van der Waals surface area (Å²) < 4.78 is 0. The van der Waals surface area contributed by atoms with Gasteiger partial charge in [0.05, 0.1) is 4.92 Å². The first-order valence-electron chi connectivity index (χ1n) is 5.72. The van der Waals surface area contributed by atoms with Crippen LogP contribution >= 0.6 is 0 Å². The van der Waals surface area contributed by atoms with Crippen LogP contribution in [0.15, 0.2) is 42.7 Å². The van der Waals surface area contributed by atoms with Gasteiger partial charge < -0.3 is 10.6 Å². The van der Waals surface area contributed by atoms with E-state index in [9.17, 15) is 14.9 Å². The fourth-order valence-electron chi connectivity index (χ4n) is 1.71. The summed E-state index contributed by atoms with van der Waals surface area (Å²) in [5.41, 5.74) is 6.09. The Kier molecular flexibility index (Phi) is 3.60. The molecule has 102 valence electrons. The van der Waals surface area contributed by atoms with Crippen molar-refractivity contribution in [2.75, 3.05) is 17.7 Å². The number of hydrogen-bond donors (Lipinski definition) is 1. The molecule has 0 saturated carbocycles. The van der Waals surface area contributed by atoms with E-state index in [1.54, 1.807) is 31.6 Å². The lowest BCUT2D eigenvalue weighted by atomic mass is 10.1. The van der Waals surface area contributed by atoms with Gasteiger partial charge in [0, 0.05) is 36.8 Å². The number of anilines is 2. The van der Waals surface area contributed by atoms with E-state index in [-0.39, 0.29) is 22.8 Å². The van der Waals surface area contributed by atoms with Crippen LogP contribution in [0.5, 0.6) is 0 Å². The van der Waals surface area contributed by atoms with Gasteiger partial charge in [-0.3, -0.25) is 19.9 Å². The van der Waals surface area contributed by atoms with E-state index in [2.05, 4.69) is 4.98 Å². The third-order valence-corrected chi connectivity index (χ3v) is 2.83. The van der Waals surface area contributed by atoms with Gasteiger partial charge in [-0.1, -0.05) is 0 Å². The number of nitrogens with two attached hydrogens (primary N) is 1. The number of nitro benzene ring substituents is 1. The van der Waals surface area contributed by atoms with E-state index >= 15 is 0 Å². The molecule has 1 amide bonds. The predicted octanol–water partition coefficient (Wildman–Crippen LogP) is 1.85. The number of carbonyl (C=O) groups is 1. The Balaban J connectivity index is 2.34. The Bertz CT molecular complexity index is 658. The summed E-state index contributed by atoms with van der Waals surface area (Å²) in [6, 6.07) is 7.33. The minimum atomic E-state index is -0.613. The van der Waals surface area contributed by atoms with Gasteiger partial charge in [-0.25, -0.2) is 0 Å². The Morgan fingerprint density at radius 3 is 2.55 bits per heavy atom. The second kappa shape index (κ2) is 5.35. The smallest absolute Gasteiger partial charge is 0.292 e. The van der Waals surface area contributed by atoms with Crippen LogP contribution in [0.1, 0.15) is 10.4 Å². The summed E-state index contributed by atoms with van der Waals surface area (Å²) >= 11 is 0. The number of nitrogen functional groups attached to an aromatic ring is 1. The molecular weight excluding hydrogens is 260 g/mol. The maximum Gasteiger partial charge on any atom is 0.292 e. The molecule has 7 heteroatoms. The Morgan fingerprint density at radius 2 is 1.95 bits per heavy atom. The van der Waals surface area contributed by atoms with Crippen LogP contribution in [0, 0.1) is 10.1 Å². The van der Waals surface area contributed by atoms with Crippen LogP contribution in [0.2, 0.25) is 0 Å². The van der Waals surface area contributed by atoms with Crippen LogP contribution in [-0.4, -0.2) is 22.9 Å². The number of amides is 1. The minimum Gasteiger partial charge on any atom is -0.393 e. The van der Waals surface area contributed by atoms with E-state index in [0.717, 1.165) is 0 Å². The Labute approximate surface area is 114 Å². The topological polar surface area (TPSA) is 102 Å². The summed E-state index contributed by atoms with van der Waals surface area (Å²) in [4.78, 5) is 27.7. The van der Waals surface area contributed by atoms with Gasteiger partial charge in [0.15, 0.2) is 0 Å². The zero-order chi connectivity index (χ0) is 14.7. The predicted molar refractivity (Wildman–Crippen MR) is 74.5 cm³/mol. The Hall–Kier alpha value is -2.96. The molecule has 0 aliphatic heterocycles. The van der Waals surface area contributed by atoms with Crippen molar-refractivity contribution in [1.29, 1.82) is 0 Å². The second-order valence-corrected chi connectivity index (χ2v) is 4.10. The molecule has 0 spiro atoms. The maximum absolute atomic E-state index is 12.3. The van der Waals surface area contributed by atoms with Crippen molar-refractivity contribution in [2.45, 2.75) is 0 Å². The molecule has 0 fully saturated rings. The molecule has 1 aromatic heterocycles. The first-order valence-corrected chi connectivity index (χ1v) is 5.72. The summed E-state index contributed by atoms with van der Waals surface area (Å²) in [6.07, 6.45) is 3.12. The van der Waals surface area contributed by atoms with Crippen molar-refractivity contribution in [2.24, 2.45) is 0 Å². The van der Waals surface area contributed by atoms with Gasteiger partial charge in [-0.05, 0) is 24.3 Å². The zero-order valence-corrected chi connectivity index (χ0v) is 10.7. The number of nitrogens with zero attached hydrogens (tertiary/aromatic N) is 3. The van der Waals surface area contributed by atoms with Crippen molar-refractivity contribution in [1.82, 2.24) is 4.98 Å². The highest BCUT2D eigenvalue weighted by Gasteiger charge is 2.18. The monoisotopic (exact) mass is 272 g/mol. The molecule has 0 atom stereocenters. The van der Waals surface area contributed by atoms with Crippen LogP contribution in [0.4, 0.5) is 17.1 Å². The van der Waals surface area contributed by atoms with Gasteiger partial charge in [0.2, 0.25) is 0 Å². The lowest BCUT2D eigenvalue weighted by molar-refractivity contribution is -0.383. The molecule has 2 rings (SSSR count). The molecule has 0 radical (unpaired) electrons. The summed E-state index contributed by atoms with van der Waals surface area (Å²) in [5, 5.41) is 10.8. The van der Waals surface area contributed by atoms with Crippen molar-refractivity contribution in [3.8, 4) is 0 Å². The van der Waals surface area contributed by atoms with Gasteiger partial charge >= 0.3 is 0 Å². The van der Waals surface area contributed by atoms with Gasteiger partial charge in [-0.2, -0.15) is 0 Å². The quantitative estimate of drug-likeness (QED) is 0.521. The SMILES string of the molecule is CN(C(=O)c1ccc(N)c([N+](=O)[O-])c1)c1ccncc1. The lowest BCUT2D eigenvalue weighted by Gasteiger charge is -2.17. The van der Waals surface area contributed by atoms with E-state index in [1.165, 1.54) is 23.1 Å². The molecule has 0 aliphatic carbocycles. The molecule has 0 bridgehead atoms. The highest BCUT2D eigenvalue weighted by Crippen LogP contribution is 2.24. The fourth-order valence-corrected chi connectivity index (χ4v) is 1.71. The molecule has 1 aromatic carbocycles. The van der Waals surface area contributed by atoms with Crippen LogP contribution in [-0.2, 0) is 0 Å². The third kappa shape index (κ3) is 2.56. The fraction of sp³-hybridized carbons (Fsp3) is 0.0769. The molecule has 20 heavy (non-hydrogen) atoms. The minimum absolute atomic E-state index is 0.0260. The number of benzene rings is 1. The van der Waals surface area contributed by atoms with E-state index in [1.807, 2.05) is 0 Å². The average molecular weight is 272 g/mol. The first-order chi connectivity index (χ1) is 9.50. The molecular formula is C13H12N4O3. The highest BCUT2D eigenvalue weighted by atomic mass is 16.6. The van der Waals surface area contributed by atoms with Crippen molar-refractivity contribution >= 4 is 23.0 Å². The van der Waals surface area contributed by atoms with Gasteiger partial charge in [-0.15, -0.1) is 0 Å². The number of carbonyl (C=O) groups excluding carboxylic acids is 1. The number of pyridine rings is 1. The Morgan fingerprint density at radius 1 is 1.30 bits per heavy atom. The number of nitro groups is 1. The van der Waals surface area contributed by atoms with Crippen LogP contribution in [0.3, 0.4) is 0 Å². The second-order valence-electron chi connectivity index (χ2n) is 4.10. The van der Waals surface area contributed by atoms with E-state index < -0.39 is 4.92 Å². The molecule has 2 aromatic rings. The summed E-state index contributed by atoms with van der Waals surface area (Å²) in [6.45, 7) is 0. The highest BCUT2D eigenvalue weighted by molar-refractivity contribution is 6.06. The third-order valence-electron chi connectivity index (χ3n) is 2.83. The standard InChI is InChI=1S/C13H12N4O3/c1-16(10-4-6-15-7-5-10)13(18)9-2-3-11(14)12(8-9)17(19)20/h2-8H,14H2,1H3. The largest absolute Gasteiger partial charge is 0.393 e. The van der Waals surface area contributed by atoms with Crippen LogP contribution < -0.4 is 10.6 Å². The van der Waals surface area contributed by atoms with Crippen molar-refractivity contribution in [3.63, 3.8) is 0 Å². The van der Waals surface area contributed by atoms with Crippen LogP contribution in [0.25, 0.3) is 0 Å². The van der Waals surface area contributed by atoms with Gasteiger partial charge in [0.1, 0.15) is 5.69 Å². The van der Waals surface area contributed by atoms with E-state index in [4.69, 9.17) is 5.73 Å². The van der Waals surface area contributed by atoms with Gasteiger partial charge in [0.25, 0.3) is 11.6 Å². The molecule has 0 unspecified atom stereocenters. The van der Waals surface area contributed by atoms with Crippen molar-refractivity contribution < 1.29 is 9.72 Å². The van der Waals surface area contributed by atoms with Crippen molar-refractivity contribution in [3.05, 3.63) is 58.4 Å². The molecule has 0 aliphatic rings. The number of hydrogen-bond acceptors (Lipinski definition) is 5. The normalized spacial score (nSPS) is 10.1. The summed E-state index contributed by atoms with van der Waals surface area (Å²) in [5.74, 6) is -0.362. The average Bonchev–Trinajstić information content (AvgIpc) is 2.47. The van der Waals surface area contributed by atoms with E-state index in [0.29, 0.717) is 5.69 Å². The molecule has 0 saturated heterocycles.